The molecule has 2 aromatic carbocycles. The van der Waals surface area contributed by atoms with Gasteiger partial charge in [-0.25, -0.2) is 22.2 Å². The molecule has 11 heteroatoms. The van der Waals surface area contributed by atoms with Crippen molar-refractivity contribution in [1.82, 2.24) is 9.88 Å². The number of sulfone groups is 1. The Morgan fingerprint density at radius 1 is 1.19 bits per heavy atom. The molecule has 198 valence electrons. The zero-order valence-electron chi connectivity index (χ0n) is 20.9. The lowest BCUT2D eigenvalue weighted by Gasteiger charge is -2.33. The molecule has 4 rings (SSSR count). The van der Waals surface area contributed by atoms with Crippen LogP contribution in [-0.4, -0.2) is 30.0 Å². The predicted octanol–water partition coefficient (Wildman–Crippen LogP) is 6.32. The zero-order chi connectivity index (χ0) is 27.1. The summed E-state index contributed by atoms with van der Waals surface area (Å²) in [6.45, 7) is 7.84. The molecule has 6 nitrogen and oxygen atoms in total. The molecule has 37 heavy (non-hydrogen) atoms. The first-order valence-corrected chi connectivity index (χ1v) is 14.8. The fourth-order valence-electron chi connectivity index (χ4n) is 4.71. The average molecular weight is 568 g/mol. The van der Waals surface area contributed by atoms with E-state index >= 15 is 0 Å². The molecule has 1 N–H and O–H groups in total. The monoisotopic (exact) mass is 567 g/mol. The predicted molar refractivity (Wildman–Crippen MR) is 142 cm³/mol. The van der Waals surface area contributed by atoms with Crippen molar-refractivity contribution in [2.24, 2.45) is 5.92 Å². The second-order valence-corrected chi connectivity index (χ2v) is 13.2. The molecule has 1 amide bonds. The number of nitrogens with zero attached hydrogens (tertiary/aromatic N) is 2. The third-order valence-electron chi connectivity index (χ3n) is 6.56. The van der Waals surface area contributed by atoms with Gasteiger partial charge >= 0.3 is 0 Å². The smallest absolute Gasteiger partial charge is 0.230 e. The van der Waals surface area contributed by atoms with E-state index in [0.717, 1.165) is 22.7 Å². The molecule has 0 spiro atoms. The van der Waals surface area contributed by atoms with E-state index in [4.69, 9.17) is 11.6 Å². The number of thiazole rings is 1. The van der Waals surface area contributed by atoms with Crippen LogP contribution in [0.2, 0.25) is 5.02 Å². The van der Waals surface area contributed by atoms with Crippen molar-refractivity contribution in [3.63, 3.8) is 0 Å². The Labute approximate surface area is 224 Å². The van der Waals surface area contributed by atoms with Crippen LogP contribution in [-0.2, 0) is 27.6 Å². The van der Waals surface area contributed by atoms with Crippen LogP contribution in [0, 0.1) is 17.6 Å². The first-order valence-electron chi connectivity index (χ1n) is 11.9. The Hall–Kier alpha value is -2.40. The van der Waals surface area contributed by atoms with Gasteiger partial charge in [0, 0.05) is 28.0 Å². The maximum Gasteiger partial charge on any atom is 0.230 e. The van der Waals surface area contributed by atoms with Gasteiger partial charge in [-0.3, -0.25) is 9.69 Å². The maximum atomic E-state index is 14.6. The molecule has 1 aliphatic heterocycles. The Morgan fingerprint density at radius 2 is 1.81 bits per heavy atom. The van der Waals surface area contributed by atoms with Crippen LogP contribution in [0.1, 0.15) is 61.5 Å². The van der Waals surface area contributed by atoms with Crippen molar-refractivity contribution in [2.45, 2.75) is 57.6 Å². The van der Waals surface area contributed by atoms with E-state index in [1.807, 2.05) is 18.7 Å². The summed E-state index contributed by atoms with van der Waals surface area (Å²) < 4.78 is 53.2. The van der Waals surface area contributed by atoms with E-state index in [1.54, 1.807) is 26.0 Å². The number of halogens is 3. The Balaban J connectivity index is 1.48. The Morgan fingerprint density at radius 3 is 2.38 bits per heavy atom. The number of carbonyl (C=O) groups excluding carboxylic acids is 1. The number of aromatic nitrogens is 1. The van der Waals surface area contributed by atoms with E-state index in [-0.39, 0.29) is 45.5 Å². The zero-order valence-corrected chi connectivity index (χ0v) is 23.3. The van der Waals surface area contributed by atoms with Crippen LogP contribution in [0.25, 0.3) is 0 Å². The van der Waals surface area contributed by atoms with Gasteiger partial charge in [-0.2, -0.15) is 0 Å². The summed E-state index contributed by atoms with van der Waals surface area (Å²) in [4.78, 5) is 20.5. The van der Waals surface area contributed by atoms with Crippen molar-refractivity contribution >= 4 is 43.8 Å². The fraction of sp³-hybridized carbons (Fsp3) is 0.385. The molecule has 0 unspecified atom stereocenters. The summed E-state index contributed by atoms with van der Waals surface area (Å²) >= 11 is 7.15. The lowest BCUT2D eigenvalue weighted by atomic mass is 9.98. The number of hydrogen-bond donors (Lipinski definition) is 1. The molecule has 1 aromatic heterocycles. The number of amides is 1. The SMILES string of the molecule is CCS(=O)(=O)c1ccc(CC(=O)Nc2nc3c(s2)CN([C@H](C)c2c(F)cc(Cl)cc2F)[C@H]3C(C)C)cc1. The van der Waals surface area contributed by atoms with Gasteiger partial charge in [0.15, 0.2) is 15.0 Å². The third-order valence-corrected chi connectivity index (χ3v) is 9.50. The summed E-state index contributed by atoms with van der Waals surface area (Å²) in [7, 11) is -3.30. The number of hydrogen-bond acceptors (Lipinski definition) is 6. The minimum Gasteiger partial charge on any atom is -0.302 e. The fourth-order valence-corrected chi connectivity index (χ4v) is 6.81. The van der Waals surface area contributed by atoms with Gasteiger partial charge in [0.25, 0.3) is 0 Å². The Kier molecular flexibility index (Phi) is 8.04. The molecule has 0 fully saturated rings. The maximum absolute atomic E-state index is 14.6. The highest BCUT2D eigenvalue weighted by atomic mass is 35.5. The van der Waals surface area contributed by atoms with Gasteiger partial charge in [-0.1, -0.05) is 44.5 Å². The number of rotatable bonds is 8. The van der Waals surface area contributed by atoms with Gasteiger partial charge in [0.1, 0.15) is 11.6 Å². The van der Waals surface area contributed by atoms with Crippen LogP contribution in [0.3, 0.4) is 0 Å². The second-order valence-electron chi connectivity index (χ2n) is 9.42. The number of benzene rings is 2. The van der Waals surface area contributed by atoms with Gasteiger partial charge < -0.3 is 5.32 Å². The first-order chi connectivity index (χ1) is 17.4. The van der Waals surface area contributed by atoms with Gasteiger partial charge in [0.05, 0.1) is 28.8 Å². The first kappa shape index (κ1) is 27.6. The van der Waals surface area contributed by atoms with E-state index in [9.17, 15) is 22.0 Å². The standard InChI is InChI=1S/C26H28ClF2N3O3S2/c1-5-37(34,35)18-8-6-16(7-9-18)10-22(33)30-26-31-24-21(36-26)13-32(25(24)14(2)3)15(4)23-19(28)11-17(27)12-20(23)29/h6-9,11-12,14-15,25H,5,10,13H2,1-4H3,(H,30,31,33)/t15-,25+/m1/s1. The molecule has 0 saturated carbocycles. The molecular weight excluding hydrogens is 540 g/mol. The largest absolute Gasteiger partial charge is 0.302 e. The van der Waals surface area contributed by atoms with E-state index in [2.05, 4.69) is 10.3 Å². The van der Waals surface area contributed by atoms with E-state index < -0.39 is 27.5 Å². The number of carbonyl (C=O) groups is 1. The van der Waals surface area contributed by atoms with Crippen LogP contribution in [0.5, 0.6) is 0 Å². The topological polar surface area (TPSA) is 79.4 Å². The molecule has 3 aromatic rings. The normalized spacial score (nSPS) is 16.7. The van der Waals surface area contributed by atoms with E-state index in [1.165, 1.54) is 23.5 Å². The van der Waals surface area contributed by atoms with Crippen molar-refractivity contribution in [3.8, 4) is 0 Å². The molecular formula is C26H28ClF2N3O3S2. The summed E-state index contributed by atoms with van der Waals surface area (Å²) in [6.07, 6.45) is 0.0720. The minimum absolute atomic E-state index is 0.0101. The summed E-state index contributed by atoms with van der Waals surface area (Å²) in [5.41, 5.74) is 1.45. The molecule has 2 atom stereocenters. The number of anilines is 1. The van der Waals surface area contributed by atoms with Crippen LogP contribution in [0.15, 0.2) is 41.3 Å². The van der Waals surface area contributed by atoms with Crippen LogP contribution >= 0.6 is 22.9 Å². The number of nitrogens with one attached hydrogen (secondary N) is 1. The quantitative estimate of drug-likeness (QED) is 0.344. The van der Waals surface area contributed by atoms with Crippen molar-refractivity contribution in [2.75, 3.05) is 11.1 Å². The van der Waals surface area contributed by atoms with Gasteiger partial charge in [-0.15, -0.1) is 11.3 Å². The van der Waals surface area contributed by atoms with Crippen LogP contribution < -0.4 is 5.32 Å². The molecule has 0 saturated heterocycles. The summed E-state index contributed by atoms with van der Waals surface area (Å²) in [5, 5.41) is 3.30. The third kappa shape index (κ3) is 5.72. The minimum atomic E-state index is -3.30. The van der Waals surface area contributed by atoms with Crippen molar-refractivity contribution in [3.05, 3.63) is 74.8 Å². The summed E-state index contributed by atoms with van der Waals surface area (Å²) in [6, 6.07) is 7.78. The van der Waals surface area contributed by atoms with Crippen LogP contribution in [0.4, 0.5) is 13.9 Å². The highest BCUT2D eigenvalue weighted by Crippen LogP contribution is 2.47. The average Bonchev–Trinajstić information content (AvgIpc) is 3.35. The highest BCUT2D eigenvalue weighted by Gasteiger charge is 2.40. The second kappa shape index (κ2) is 10.8. The molecule has 2 heterocycles. The lowest BCUT2D eigenvalue weighted by Crippen LogP contribution is -2.30. The molecule has 1 aliphatic rings. The van der Waals surface area contributed by atoms with Crippen molar-refractivity contribution in [1.29, 1.82) is 0 Å². The lowest BCUT2D eigenvalue weighted by molar-refractivity contribution is -0.115. The van der Waals surface area contributed by atoms with Gasteiger partial charge in [-0.05, 0) is 42.7 Å². The summed E-state index contributed by atoms with van der Waals surface area (Å²) in [5.74, 6) is -1.52. The Bertz CT molecular complexity index is 1400. The van der Waals surface area contributed by atoms with Crippen molar-refractivity contribution < 1.29 is 22.0 Å². The van der Waals surface area contributed by atoms with E-state index in [0.29, 0.717) is 17.2 Å². The highest BCUT2D eigenvalue weighted by molar-refractivity contribution is 7.91. The molecule has 0 radical (unpaired) electrons. The van der Waals surface area contributed by atoms with Gasteiger partial charge in [0.2, 0.25) is 5.91 Å². The molecule has 0 aliphatic carbocycles. The number of fused-ring (bicyclic) bond motifs is 1. The molecule has 0 bridgehead atoms.